The van der Waals surface area contributed by atoms with Crippen LogP contribution in [0.2, 0.25) is 0 Å². The molecule has 1 fully saturated rings. The summed E-state index contributed by atoms with van der Waals surface area (Å²) in [6, 6.07) is 4.99. The molecule has 0 amide bonds. The predicted molar refractivity (Wildman–Crippen MR) is 60.8 cm³/mol. The molecule has 1 atom stereocenters. The number of rotatable bonds is 2. The van der Waals surface area contributed by atoms with Crippen LogP contribution >= 0.6 is 0 Å². The maximum atomic E-state index is 11.3. The molecular formula is C12H13NO4. The molecule has 1 heterocycles. The Kier molecular flexibility index (Phi) is 3.19. The van der Waals surface area contributed by atoms with Gasteiger partial charge in [-0.05, 0) is 18.6 Å². The van der Waals surface area contributed by atoms with E-state index in [9.17, 15) is 14.9 Å². The fourth-order valence-electron chi connectivity index (χ4n) is 1.97. The van der Waals surface area contributed by atoms with E-state index in [1.54, 1.807) is 19.1 Å². The van der Waals surface area contributed by atoms with Crippen molar-refractivity contribution < 1.29 is 14.5 Å². The minimum atomic E-state index is -0.475. The van der Waals surface area contributed by atoms with E-state index in [4.69, 9.17) is 4.74 Å². The zero-order chi connectivity index (χ0) is 12.4. The summed E-state index contributed by atoms with van der Waals surface area (Å²) in [6.07, 6.45) is 0.150. The summed E-state index contributed by atoms with van der Waals surface area (Å²) in [5.74, 6) is 0.0936. The van der Waals surface area contributed by atoms with Gasteiger partial charge in [0.15, 0.2) is 0 Å². The van der Waals surface area contributed by atoms with Crippen LogP contribution < -0.4 is 0 Å². The van der Waals surface area contributed by atoms with Crippen LogP contribution in [0.4, 0.5) is 5.69 Å². The average Bonchev–Trinajstić information content (AvgIpc) is 2.28. The van der Waals surface area contributed by atoms with Gasteiger partial charge >= 0.3 is 0 Å². The Balaban J connectivity index is 2.37. The zero-order valence-electron chi connectivity index (χ0n) is 9.51. The number of nitro benzene ring substituents is 1. The van der Waals surface area contributed by atoms with Crippen molar-refractivity contribution in [2.24, 2.45) is 0 Å². The molecule has 0 radical (unpaired) electrons. The molecule has 17 heavy (non-hydrogen) atoms. The predicted octanol–water partition coefficient (Wildman–Crippen LogP) is 2.32. The number of hydrogen-bond donors (Lipinski definition) is 0. The minimum absolute atomic E-state index is 0.0321. The summed E-state index contributed by atoms with van der Waals surface area (Å²) < 4.78 is 5.44. The Hall–Kier alpha value is -1.75. The lowest BCUT2D eigenvalue weighted by Gasteiger charge is -2.22. The van der Waals surface area contributed by atoms with E-state index in [0.29, 0.717) is 18.6 Å². The topological polar surface area (TPSA) is 69.4 Å². The Labute approximate surface area is 98.5 Å². The maximum Gasteiger partial charge on any atom is 0.275 e. The summed E-state index contributed by atoms with van der Waals surface area (Å²) in [6.45, 7) is 2.14. The summed E-state index contributed by atoms with van der Waals surface area (Å²) in [4.78, 5) is 21.9. The molecule has 0 aromatic heterocycles. The summed E-state index contributed by atoms with van der Waals surface area (Å²) in [7, 11) is 0. The number of carbonyl (C=O) groups excluding carboxylic acids is 1. The first kappa shape index (κ1) is 11.7. The van der Waals surface area contributed by atoms with E-state index >= 15 is 0 Å². The third kappa shape index (κ3) is 2.50. The number of ether oxygens (including phenoxy) is 1. The molecule has 2 rings (SSSR count). The lowest BCUT2D eigenvalue weighted by molar-refractivity contribution is -0.386. The van der Waals surface area contributed by atoms with E-state index in [1.807, 2.05) is 0 Å². The zero-order valence-corrected chi connectivity index (χ0v) is 9.51. The van der Waals surface area contributed by atoms with Crippen molar-refractivity contribution in [3.63, 3.8) is 0 Å². The molecular weight excluding hydrogens is 222 g/mol. The van der Waals surface area contributed by atoms with Gasteiger partial charge < -0.3 is 4.74 Å². The first-order valence-electron chi connectivity index (χ1n) is 5.46. The molecule has 1 saturated heterocycles. The molecule has 0 N–H and O–H groups in total. The summed E-state index contributed by atoms with van der Waals surface area (Å²) >= 11 is 0. The molecule has 0 bridgehead atoms. The number of carbonyl (C=O) groups is 1. The number of benzene rings is 1. The van der Waals surface area contributed by atoms with E-state index < -0.39 is 11.0 Å². The van der Waals surface area contributed by atoms with Crippen molar-refractivity contribution in [1.29, 1.82) is 0 Å². The SMILES string of the molecule is Cc1ccc(C2CC(=O)CCO2)c([N+](=O)[O-])c1. The van der Waals surface area contributed by atoms with Gasteiger partial charge in [0.25, 0.3) is 5.69 Å². The second kappa shape index (κ2) is 4.63. The Morgan fingerprint density at radius 3 is 2.88 bits per heavy atom. The lowest BCUT2D eigenvalue weighted by atomic mass is 9.98. The van der Waals surface area contributed by atoms with Crippen LogP contribution in [-0.2, 0) is 9.53 Å². The Bertz CT molecular complexity index is 470. The third-order valence-electron chi connectivity index (χ3n) is 2.84. The largest absolute Gasteiger partial charge is 0.372 e. The quantitative estimate of drug-likeness (QED) is 0.582. The fourth-order valence-corrected chi connectivity index (χ4v) is 1.97. The number of nitro groups is 1. The number of hydrogen-bond acceptors (Lipinski definition) is 4. The maximum absolute atomic E-state index is 11.3. The molecule has 1 aliphatic heterocycles. The van der Waals surface area contributed by atoms with E-state index in [1.165, 1.54) is 6.07 Å². The van der Waals surface area contributed by atoms with Crippen LogP contribution in [0.1, 0.15) is 30.1 Å². The van der Waals surface area contributed by atoms with Gasteiger partial charge in [0.2, 0.25) is 0 Å². The third-order valence-corrected chi connectivity index (χ3v) is 2.84. The molecule has 1 unspecified atom stereocenters. The molecule has 1 aliphatic rings. The van der Waals surface area contributed by atoms with Gasteiger partial charge in [0.05, 0.1) is 23.2 Å². The average molecular weight is 235 g/mol. The van der Waals surface area contributed by atoms with Crippen molar-refractivity contribution in [1.82, 2.24) is 0 Å². The fraction of sp³-hybridized carbons (Fsp3) is 0.417. The molecule has 0 aliphatic carbocycles. The highest BCUT2D eigenvalue weighted by molar-refractivity contribution is 5.80. The first-order valence-corrected chi connectivity index (χ1v) is 5.46. The summed E-state index contributed by atoms with van der Waals surface area (Å²) in [5.41, 5.74) is 1.35. The number of ketones is 1. The van der Waals surface area contributed by atoms with Crippen LogP contribution in [0.25, 0.3) is 0 Å². The highest BCUT2D eigenvalue weighted by atomic mass is 16.6. The van der Waals surface area contributed by atoms with Gasteiger partial charge in [-0.1, -0.05) is 6.07 Å². The van der Waals surface area contributed by atoms with E-state index in [-0.39, 0.29) is 17.9 Å². The van der Waals surface area contributed by atoms with Gasteiger partial charge in [-0.25, -0.2) is 0 Å². The highest BCUT2D eigenvalue weighted by Gasteiger charge is 2.27. The molecule has 1 aromatic rings. The Morgan fingerprint density at radius 1 is 1.47 bits per heavy atom. The minimum Gasteiger partial charge on any atom is -0.372 e. The van der Waals surface area contributed by atoms with Gasteiger partial charge in [-0.3, -0.25) is 14.9 Å². The molecule has 1 aromatic carbocycles. The van der Waals surface area contributed by atoms with Gasteiger partial charge in [0, 0.05) is 18.9 Å². The van der Waals surface area contributed by atoms with Gasteiger partial charge in [-0.2, -0.15) is 0 Å². The number of Topliss-reactive ketones (excluding diaryl/α,β-unsaturated/α-hetero) is 1. The van der Waals surface area contributed by atoms with Gasteiger partial charge in [-0.15, -0.1) is 0 Å². The molecule has 0 saturated carbocycles. The van der Waals surface area contributed by atoms with E-state index in [0.717, 1.165) is 5.56 Å². The smallest absolute Gasteiger partial charge is 0.275 e. The van der Waals surface area contributed by atoms with Crippen LogP contribution in [0.15, 0.2) is 18.2 Å². The van der Waals surface area contributed by atoms with E-state index in [2.05, 4.69) is 0 Å². The van der Waals surface area contributed by atoms with Crippen LogP contribution in [0.3, 0.4) is 0 Å². The van der Waals surface area contributed by atoms with Crippen LogP contribution in [-0.4, -0.2) is 17.3 Å². The molecule has 5 heteroatoms. The van der Waals surface area contributed by atoms with Crippen LogP contribution in [0, 0.1) is 17.0 Å². The number of nitrogens with zero attached hydrogens (tertiary/aromatic N) is 1. The van der Waals surface area contributed by atoms with Crippen molar-refractivity contribution >= 4 is 11.5 Å². The highest BCUT2D eigenvalue weighted by Crippen LogP contribution is 2.33. The summed E-state index contributed by atoms with van der Waals surface area (Å²) in [5, 5.41) is 11.0. The first-order chi connectivity index (χ1) is 8.08. The standard InChI is InChI=1S/C12H13NO4/c1-8-2-3-10(11(6-8)13(15)16)12-7-9(14)4-5-17-12/h2-3,6,12H,4-5,7H2,1H3. The monoisotopic (exact) mass is 235 g/mol. The second-order valence-electron chi connectivity index (χ2n) is 4.17. The van der Waals surface area contributed by atoms with Crippen molar-refractivity contribution in [2.75, 3.05) is 6.61 Å². The molecule has 90 valence electrons. The normalized spacial score (nSPS) is 20.3. The lowest BCUT2D eigenvalue weighted by Crippen LogP contribution is -2.20. The van der Waals surface area contributed by atoms with Crippen LogP contribution in [0.5, 0.6) is 0 Å². The molecule has 5 nitrogen and oxygen atoms in total. The number of aryl methyl sites for hydroxylation is 1. The van der Waals surface area contributed by atoms with Crippen molar-refractivity contribution in [2.45, 2.75) is 25.9 Å². The van der Waals surface area contributed by atoms with Crippen molar-refractivity contribution in [3.05, 3.63) is 39.4 Å². The molecule has 0 spiro atoms. The Morgan fingerprint density at radius 2 is 2.24 bits per heavy atom. The second-order valence-corrected chi connectivity index (χ2v) is 4.17. The van der Waals surface area contributed by atoms with Crippen molar-refractivity contribution in [3.8, 4) is 0 Å². The van der Waals surface area contributed by atoms with Gasteiger partial charge in [0.1, 0.15) is 5.78 Å².